The number of ether oxygens (including phenoxy) is 2. The van der Waals surface area contributed by atoms with E-state index in [-0.39, 0.29) is 12.4 Å². The summed E-state index contributed by atoms with van der Waals surface area (Å²) in [5.74, 6) is 0.703. The second-order valence-corrected chi connectivity index (χ2v) is 5.18. The van der Waals surface area contributed by atoms with Gasteiger partial charge in [-0.2, -0.15) is 0 Å². The highest BCUT2D eigenvalue weighted by Crippen LogP contribution is 2.31. The second kappa shape index (κ2) is 5.01. The van der Waals surface area contributed by atoms with E-state index in [9.17, 15) is 4.79 Å². The normalized spacial score (nSPS) is 12.9. The zero-order chi connectivity index (χ0) is 13.2. The zero-order valence-corrected chi connectivity index (χ0v) is 11.3. The van der Waals surface area contributed by atoms with Crippen LogP contribution in [0.4, 0.5) is 0 Å². The van der Waals surface area contributed by atoms with Crippen LogP contribution < -0.4 is 4.74 Å². The fraction of sp³-hybridized carbons (Fsp3) is 0.286. The number of carbonyl (C=O) groups excluding carboxylic acids is 1. The number of nitrogens with zero attached hydrogens (tertiary/aromatic N) is 1. The maximum absolute atomic E-state index is 11.2. The van der Waals surface area contributed by atoms with Crippen LogP contribution >= 0.6 is 11.3 Å². The van der Waals surface area contributed by atoms with Crippen molar-refractivity contribution in [2.24, 2.45) is 0 Å². The van der Waals surface area contributed by atoms with Crippen LogP contribution in [-0.2, 0) is 22.4 Å². The quantitative estimate of drug-likeness (QED) is 0.807. The van der Waals surface area contributed by atoms with Gasteiger partial charge in [0.05, 0.1) is 25.8 Å². The lowest BCUT2D eigenvalue weighted by molar-refractivity contribution is -0.139. The molecule has 5 heteroatoms. The van der Waals surface area contributed by atoms with E-state index in [0.29, 0.717) is 0 Å². The van der Waals surface area contributed by atoms with Crippen molar-refractivity contribution in [2.75, 3.05) is 13.7 Å². The molecule has 0 amide bonds. The molecule has 0 aliphatic carbocycles. The minimum absolute atomic E-state index is 0.223. The van der Waals surface area contributed by atoms with Gasteiger partial charge in [-0.1, -0.05) is 0 Å². The summed E-state index contributed by atoms with van der Waals surface area (Å²) in [6, 6.07) is 6.10. The minimum atomic E-state index is -0.265. The number of rotatable bonds is 3. The SMILES string of the molecule is COC(=O)Cc1csc(-c2ccc3c(c2)CCO3)n1. The van der Waals surface area contributed by atoms with Gasteiger partial charge in [-0.3, -0.25) is 4.79 Å². The Morgan fingerprint density at radius 3 is 3.26 bits per heavy atom. The largest absolute Gasteiger partial charge is 0.493 e. The van der Waals surface area contributed by atoms with Gasteiger partial charge in [-0.05, 0) is 23.8 Å². The summed E-state index contributed by atoms with van der Waals surface area (Å²) in [5, 5.41) is 2.82. The predicted octanol–water partition coefficient (Wildman–Crippen LogP) is 2.46. The maximum Gasteiger partial charge on any atom is 0.311 e. The average Bonchev–Trinajstić information content (AvgIpc) is 3.05. The standard InChI is InChI=1S/C14H13NO3S/c1-17-13(16)7-11-8-19-14(15-11)10-2-3-12-9(6-10)4-5-18-12/h2-3,6,8H,4-5,7H2,1H3. The van der Waals surface area contributed by atoms with Crippen LogP contribution in [0.25, 0.3) is 10.6 Å². The highest BCUT2D eigenvalue weighted by molar-refractivity contribution is 7.13. The van der Waals surface area contributed by atoms with E-state index in [2.05, 4.69) is 15.8 Å². The summed E-state index contributed by atoms with van der Waals surface area (Å²) in [4.78, 5) is 15.7. The summed E-state index contributed by atoms with van der Waals surface area (Å²) in [6.07, 6.45) is 1.17. The van der Waals surface area contributed by atoms with Crippen molar-refractivity contribution >= 4 is 17.3 Å². The molecule has 0 atom stereocenters. The first-order valence-electron chi connectivity index (χ1n) is 6.03. The van der Waals surface area contributed by atoms with Crippen molar-refractivity contribution in [2.45, 2.75) is 12.8 Å². The molecular weight excluding hydrogens is 262 g/mol. The Balaban J connectivity index is 1.84. The van der Waals surface area contributed by atoms with Gasteiger partial charge in [-0.25, -0.2) is 4.98 Å². The molecule has 98 valence electrons. The Kier molecular flexibility index (Phi) is 3.21. The molecule has 3 rings (SSSR count). The maximum atomic E-state index is 11.2. The topological polar surface area (TPSA) is 48.4 Å². The smallest absolute Gasteiger partial charge is 0.311 e. The number of thiazole rings is 1. The monoisotopic (exact) mass is 275 g/mol. The Morgan fingerprint density at radius 1 is 1.53 bits per heavy atom. The van der Waals surface area contributed by atoms with E-state index in [1.54, 1.807) is 11.3 Å². The molecular formula is C14H13NO3S. The Morgan fingerprint density at radius 2 is 2.42 bits per heavy atom. The van der Waals surface area contributed by atoms with Gasteiger partial charge in [0.15, 0.2) is 0 Å². The number of hydrogen-bond donors (Lipinski definition) is 0. The Labute approximate surface area is 115 Å². The van der Waals surface area contributed by atoms with Crippen LogP contribution in [0, 0.1) is 0 Å². The molecule has 4 nitrogen and oxygen atoms in total. The van der Waals surface area contributed by atoms with Gasteiger partial charge in [0.1, 0.15) is 10.8 Å². The molecule has 2 aromatic rings. The molecule has 0 saturated heterocycles. The first-order valence-corrected chi connectivity index (χ1v) is 6.91. The van der Waals surface area contributed by atoms with E-state index >= 15 is 0 Å². The number of hydrogen-bond acceptors (Lipinski definition) is 5. The minimum Gasteiger partial charge on any atom is -0.493 e. The van der Waals surface area contributed by atoms with Crippen molar-refractivity contribution in [1.29, 1.82) is 0 Å². The van der Waals surface area contributed by atoms with Crippen LogP contribution in [0.15, 0.2) is 23.6 Å². The lowest BCUT2D eigenvalue weighted by Gasteiger charge is -2.01. The lowest BCUT2D eigenvalue weighted by Crippen LogP contribution is -2.04. The first kappa shape index (κ1) is 12.2. The van der Waals surface area contributed by atoms with Crippen LogP contribution in [0.2, 0.25) is 0 Å². The Hall–Kier alpha value is -1.88. The van der Waals surface area contributed by atoms with Crippen LogP contribution in [-0.4, -0.2) is 24.7 Å². The number of methoxy groups -OCH3 is 1. The molecule has 0 bridgehead atoms. The molecule has 1 aromatic carbocycles. The summed E-state index contributed by atoms with van der Waals surface area (Å²) in [7, 11) is 1.39. The predicted molar refractivity (Wildman–Crippen MR) is 72.5 cm³/mol. The molecule has 19 heavy (non-hydrogen) atoms. The summed E-state index contributed by atoms with van der Waals surface area (Å²) >= 11 is 1.54. The van der Waals surface area contributed by atoms with E-state index in [0.717, 1.165) is 35.0 Å². The molecule has 0 unspecified atom stereocenters. The number of fused-ring (bicyclic) bond motifs is 1. The second-order valence-electron chi connectivity index (χ2n) is 4.32. The summed E-state index contributed by atoms with van der Waals surface area (Å²) in [5.41, 5.74) is 3.05. The molecule has 1 aliphatic rings. The number of esters is 1. The highest BCUT2D eigenvalue weighted by Gasteiger charge is 2.14. The molecule has 0 spiro atoms. The number of aromatic nitrogens is 1. The van der Waals surface area contributed by atoms with Gasteiger partial charge >= 0.3 is 5.97 Å². The van der Waals surface area contributed by atoms with Crippen molar-refractivity contribution in [3.05, 3.63) is 34.8 Å². The molecule has 0 fully saturated rings. The van der Waals surface area contributed by atoms with Gasteiger partial charge in [-0.15, -0.1) is 11.3 Å². The van der Waals surface area contributed by atoms with Crippen LogP contribution in [0.5, 0.6) is 5.75 Å². The highest BCUT2D eigenvalue weighted by atomic mass is 32.1. The molecule has 2 heterocycles. The average molecular weight is 275 g/mol. The van der Waals surface area contributed by atoms with Crippen LogP contribution in [0.1, 0.15) is 11.3 Å². The van der Waals surface area contributed by atoms with E-state index < -0.39 is 0 Å². The summed E-state index contributed by atoms with van der Waals surface area (Å²) in [6.45, 7) is 0.754. The van der Waals surface area contributed by atoms with Gasteiger partial charge < -0.3 is 9.47 Å². The fourth-order valence-electron chi connectivity index (χ4n) is 2.06. The third kappa shape index (κ3) is 2.46. The first-order chi connectivity index (χ1) is 9.26. The molecule has 0 N–H and O–H groups in total. The lowest BCUT2D eigenvalue weighted by atomic mass is 10.1. The summed E-state index contributed by atoms with van der Waals surface area (Å²) < 4.78 is 10.1. The van der Waals surface area contributed by atoms with E-state index in [1.165, 1.54) is 12.7 Å². The van der Waals surface area contributed by atoms with Crippen LogP contribution in [0.3, 0.4) is 0 Å². The van der Waals surface area contributed by atoms with E-state index in [4.69, 9.17) is 4.74 Å². The Bertz CT molecular complexity index is 621. The number of carbonyl (C=O) groups is 1. The van der Waals surface area contributed by atoms with Crippen molar-refractivity contribution < 1.29 is 14.3 Å². The van der Waals surface area contributed by atoms with Gasteiger partial charge in [0.2, 0.25) is 0 Å². The van der Waals surface area contributed by atoms with Crippen molar-refractivity contribution in [3.63, 3.8) is 0 Å². The number of benzene rings is 1. The van der Waals surface area contributed by atoms with E-state index in [1.807, 2.05) is 17.5 Å². The molecule has 0 radical (unpaired) electrons. The third-order valence-corrected chi connectivity index (χ3v) is 3.98. The van der Waals surface area contributed by atoms with Crippen molar-refractivity contribution in [1.82, 2.24) is 4.98 Å². The van der Waals surface area contributed by atoms with Crippen molar-refractivity contribution in [3.8, 4) is 16.3 Å². The fourth-order valence-corrected chi connectivity index (χ4v) is 2.88. The third-order valence-electron chi connectivity index (χ3n) is 3.04. The molecule has 1 aromatic heterocycles. The molecule has 1 aliphatic heterocycles. The van der Waals surface area contributed by atoms with Gasteiger partial charge in [0.25, 0.3) is 0 Å². The zero-order valence-electron chi connectivity index (χ0n) is 10.5. The van der Waals surface area contributed by atoms with Gasteiger partial charge in [0, 0.05) is 17.4 Å². The molecule has 0 saturated carbocycles.